The van der Waals surface area contributed by atoms with Crippen molar-refractivity contribution >= 4 is 28.9 Å². The van der Waals surface area contributed by atoms with E-state index >= 15 is 0 Å². The molecule has 0 atom stereocenters. The van der Waals surface area contributed by atoms with Gasteiger partial charge in [-0.25, -0.2) is 0 Å². The summed E-state index contributed by atoms with van der Waals surface area (Å²) in [6.45, 7) is 0. The van der Waals surface area contributed by atoms with Crippen LogP contribution in [0.15, 0.2) is 6.07 Å². The highest BCUT2D eigenvalue weighted by atomic mass is 35.5. The molecule has 0 spiro atoms. The van der Waals surface area contributed by atoms with E-state index in [-0.39, 0.29) is 21.7 Å². The van der Waals surface area contributed by atoms with E-state index < -0.39 is 4.92 Å². The number of nitro groups is 1. The highest BCUT2D eigenvalue weighted by Gasteiger charge is 2.19. The molecular formula is C6H4Cl2N2O3. The number of hydrogen-bond donors (Lipinski definition) is 0. The summed E-state index contributed by atoms with van der Waals surface area (Å²) in [7, 11) is 1.26. The number of pyridine rings is 1. The molecule has 0 saturated carbocycles. The average Bonchev–Trinajstić information content (AvgIpc) is 2.08. The van der Waals surface area contributed by atoms with Crippen LogP contribution in [0.4, 0.5) is 5.69 Å². The molecule has 0 aliphatic heterocycles. The minimum absolute atomic E-state index is 0.0224. The van der Waals surface area contributed by atoms with Gasteiger partial charge >= 0.3 is 5.69 Å². The van der Waals surface area contributed by atoms with Gasteiger partial charge in [-0.15, -0.1) is 0 Å². The zero-order valence-electron chi connectivity index (χ0n) is 6.45. The molecular weight excluding hydrogens is 219 g/mol. The molecule has 7 heteroatoms. The zero-order valence-corrected chi connectivity index (χ0v) is 7.96. The normalized spacial score (nSPS) is 9.77. The summed E-state index contributed by atoms with van der Waals surface area (Å²) in [5, 5.41) is 10.4. The van der Waals surface area contributed by atoms with Gasteiger partial charge in [0.15, 0.2) is 5.15 Å². The maximum atomic E-state index is 10.4. The minimum Gasteiger partial charge on any atom is -0.476 e. The largest absolute Gasteiger partial charge is 0.476 e. The van der Waals surface area contributed by atoms with Crippen molar-refractivity contribution in [3.05, 3.63) is 26.4 Å². The molecule has 0 radical (unpaired) electrons. The van der Waals surface area contributed by atoms with Crippen LogP contribution in [0.2, 0.25) is 10.2 Å². The van der Waals surface area contributed by atoms with Gasteiger partial charge in [-0.05, 0) is 0 Å². The highest BCUT2D eigenvalue weighted by Crippen LogP contribution is 2.31. The summed E-state index contributed by atoms with van der Waals surface area (Å²) in [6.07, 6.45) is 0. The summed E-state index contributed by atoms with van der Waals surface area (Å²) in [5.74, 6) is -0.153. The van der Waals surface area contributed by atoms with E-state index in [0.29, 0.717) is 0 Å². The molecule has 0 saturated heterocycles. The first-order valence-corrected chi connectivity index (χ1v) is 3.86. The second-order valence-corrected chi connectivity index (χ2v) is 2.81. The third-order valence-corrected chi connectivity index (χ3v) is 1.94. The zero-order chi connectivity index (χ0) is 10.0. The molecule has 0 aromatic carbocycles. The Labute approximate surface area is 83.4 Å². The van der Waals surface area contributed by atoms with Crippen molar-refractivity contribution in [1.82, 2.24) is 4.98 Å². The topological polar surface area (TPSA) is 65.3 Å². The van der Waals surface area contributed by atoms with Crippen LogP contribution >= 0.6 is 23.2 Å². The number of ether oxygens (including phenoxy) is 1. The maximum absolute atomic E-state index is 10.4. The van der Waals surface area contributed by atoms with Gasteiger partial charge in [0.2, 0.25) is 0 Å². The van der Waals surface area contributed by atoms with Crippen LogP contribution in [0.3, 0.4) is 0 Å². The molecule has 1 rings (SSSR count). The van der Waals surface area contributed by atoms with E-state index in [0.717, 1.165) is 6.07 Å². The van der Waals surface area contributed by atoms with Crippen molar-refractivity contribution in [1.29, 1.82) is 0 Å². The van der Waals surface area contributed by atoms with E-state index in [1.54, 1.807) is 0 Å². The second kappa shape index (κ2) is 3.76. The molecule has 0 N–H and O–H groups in total. The van der Waals surface area contributed by atoms with Crippen molar-refractivity contribution in [2.45, 2.75) is 0 Å². The lowest BCUT2D eigenvalue weighted by molar-refractivity contribution is -0.386. The first-order chi connectivity index (χ1) is 6.06. The van der Waals surface area contributed by atoms with Crippen LogP contribution in [-0.4, -0.2) is 17.0 Å². The summed E-state index contributed by atoms with van der Waals surface area (Å²) in [5.41, 5.74) is -0.308. The molecule has 1 aromatic heterocycles. The van der Waals surface area contributed by atoms with Crippen LogP contribution in [0.1, 0.15) is 0 Å². The fourth-order valence-corrected chi connectivity index (χ4v) is 0.999. The molecule has 0 bridgehead atoms. The maximum Gasteiger partial charge on any atom is 0.332 e. The predicted octanol–water partition coefficient (Wildman–Crippen LogP) is 2.31. The smallest absolute Gasteiger partial charge is 0.332 e. The quantitative estimate of drug-likeness (QED) is 0.438. The van der Waals surface area contributed by atoms with Crippen molar-refractivity contribution in [3.63, 3.8) is 0 Å². The van der Waals surface area contributed by atoms with Crippen molar-refractivity contribution in [2.75, 3.05) is 7.11 Å². The standard InChI is InChI=1S/C6H4Cl2N2O3/c1-13-6-4(10(11)12)2-3(7)5(8)9-6/h2H,1H3. The minimum atomic E-state index is -0.645. The van der Waals surface area contributed by atoms with Gasteiger partial charge in [0.1, 0.15) is 0 Å². The Morgan fingerprint density at radius 3 is 2.69 bits per heavy atom. The van der Waals surface area contributed by atoms with Gasteiger partial charge < -0.3 is 4.74 Å². The van der Waals surface area contributed by atoms with Gasteiger partial charge in [0.05, 0.1) is 17.1 Å². The highest BCUT2D eigenvalue weighted by molar-refractivity contribution is 6.41. The van der Waals surface area contributed by atoms with Gasteiger partial charge in [0, 0.05) is 6.07 Å². The molecule has 0 amide bonds. The Bertz CT molecular complexity index is 356. The van der Waals surface area contributed by atoms with Gasteiger partial charge in [-0.2, -0.15) is 4.98 Å². The summed E-state index contributed by atoms with van der Waals surface area (Å²) in [4.78, 5) is 13.4. The summed E-state index contributed by atoms with van der Waals surface area (Å²) < 4.78 is 4.65. The van der Waals surface area contributed by atoms with Crippen LogP contribution in [0, 0.1) is 10.1 Å². The van der Waals surface area contributed by atoms with Crippen LogP contribution in [0.5, 0.6) is 5.88 Å². The Morgan fingerprint density at radius 1 is 1.62 bits per heavy atom. The molecule has 1 heterocycles. The lowest BCUT2D eigenvalue weighted by Crippen LogP contribution is -1.96. The molecule has 5 nitrogen and oxygen atoms in total. The van der Waals surface area contributed by atoms with Gasteiger partial charge in [0.25, 0.3) is 5.88 Å². The average molecular weight is 223 g/mol. The fraction of sp³-hybridized carbons (Fsp3) is 0.167. The summed E-state index contributed by atoms with van der Waals surface area (Å²) in [6, 6.07) is 1.09. The van der Waals surface area contributed by atoms with E-state index in [9.17, 15) is 10.1 Å². The van der Waals surface area contributed by atoms with E-state index in [1.807, 2.05) is 0 Å². The van der Waals surface area contributed by atoms with E-state index in [4.69, 9.17) is 23.2 Å². The second-order valence-electron chi connectivity index (χ2n) is 2.05. The molecule has 0 fully saturated rings. The van der Waals surface area contributed by atoms with Crippen LogP contribution < -0.4 is 4.74 Å². The number of halogens is 2. The Kier molecular flexibility index (Phi) is 2.90. The third kappa shape index (κ3) is 1.99. The van der Waals surface area contributed by atoms with Crippen molar-refractivity contribution in [2.24, 2.45) is 0 Å². The number of methoxy groups -OCH3 is 1. The lowest BCUT2D eigenvalue weighted by Gasteiger charge is -2.01. The van der Waals surface area contributed by atoms with Crippen molar-refractivity contribution < 1.29 is 9.66 Å². The van der Waals surface area contributed by atoms with Crippen LogP contribution in [0.25, 0.3) is 0 Å². The summed E-state index contributed by atoms with van der Waals surface area (Å²) >= 11 is 11.1. The molecule has 1 aromatic rings. The Morgan fingerprint density at radius 2 is 2.23 bits per heavy atom. The SMILES string of the molecule is COc1nc(Cl)c(Cl)cc1[N+](=O)[O-]. The number of rotatable bonds is 2. The number of hydrogen-bond acceptors (Lipinski definition) is 4. The Hall–Kier alpha value is -1.07. The van der Waals surface area contributed by atoms with Crippen molar-refractivity contribution in [3.8, 4) is 5.88 Å². The lowest BCUT2D eigenvalue weighted by atomic mass is 10.4. The first kappa shape index (κ1) is 10.0. The molecule has 13 heavy (non-hydrogen) atoms. The molecule has 0 unspecified atom stereocenters. The van der Waals surface area contributed by atoms with Gasteiger partial charge in [-0.3, -0.25) is 10.1 Å². The molecule has 70 valence electrons. The van der Waals surface area contributed by atoms with Gasteiger partial charge in [-0.1, -0.05) is 23.2 Å². The molecule has 0 aliphatic rings. The monoisotopic (exact) mass is 222 g/mol. The Balaban J connectivity index is 3.33. The predicted molar refractivity (Wildman–Crippen MR) is 47.5 cm³/mol. The van der Waals surface area contributed by atoms with Crippen LogP contribution in [-0.2, 0) is 0 Å². The van der Waals surface area contributed by atoms with E-state index in [1.165, 1.54) is 7.11 Å². The van der Waals surface area contributed by atoms with E-state index in [2.05, 4.69) is 9.72 Å². The first-order valence-electron chi connectivity index (χ1n) is 3.10. The third-order valence-electron chi connectivity index (χ3n) is 1.27. The fourth-order valence-electron chi connectivity index (χ4n) is 0.722. The number of nitrogens with zero attached hydrogens (tertiary/aromatic N) is 2. The molecule has 0 aliphatic carbocycles. The number of aromatic nitrogens is 1.